The molecule has 3 aromatic rings. The minimum atomic E-state index is 0.0206. The first-order chi connectivity index (χ1) is 14.1. The molecule has 1 fully saturated rings. The maximum atomic E-state index is 13.0. The molecule has 1 aromatic heterocycles. The summed E-state index contributed by atoms with van der Waals surface area (Å²) in [5.41, 5.74) is 2.82. The molecular formula is C23H27N3O3. The minimum Gasteiger partial charge on any atom is -0.497 e. The van der Waals surface area contributed by atoms with Gasteiger partial charge in [-0.1, -0.05) is 12.1 Å². The van der Waals surface area contributed by atoms with Crippen molar-refractivity contribution in [2.45, 2.75) is 26.3 Å². The number of para-hydroxylation sites is 2. The molecule has 0 atom stereocenters. The van der Waals surface area contributed by atoms with Gasteiger partial charge < -0.3 is 18.9 Å². The van der Waals surface area contributed by atoms with Crippen LogP contribution in [-0.2, 0) is 6.54 Å². The summed E-state index contributed by atoms with van der Waals surface area (Å²) in [4.78, 5) is 19.6. The summed E-state index contributed by atoms with van der Waals surface area (Å²) in [6.07, 6.45) is 1.96. The Morgan fingerprint density at radius 2 is 1.86 bits per heavy atom. The molecule has 0 radical (unpaired) electrons. The van der Waals surface area contributed by atoms with E-state index in [0.29, 0.717) is 23.0 Å². The number of rotatable bonds is 5. The highest BCUT2D eigenvalue weighted by Gasteiger charge is 2.26. The lowest BCUT2D eigenvalue weighted by atomic mass is 9.96. The number of carbonyl (C=O) groups is 1. The van der Waals surface area contributed by atoms with Crippen molar-refractivity contribution in [3.8, 4) is 11.5 Å². The first-order valence-electron chi connectivity index (χ1n) is 10.0. The number of aromatic nitrogens is 2. The Hall–Kier alpha value is -3.02. The van der Waals surface area contributed by atoms with Gasteiger partial charge in [-0.3, -0.25) is 4.79 Å². The van der Waals surface area contributed by atoms with Gasteiger partial charge in [0, 0.05) is 25.7 Å². The summed E-state index contributed by atoms with van der Waals surface area (Å²) >= 11 is 0. The number of benzene rings is 2. The molecule has 1 aliphatic heterocycles. The monoisotopic (exact) mass is 393 g/mol. The fourth-order valence-electron chi connectivity index (χ4n) is 4.15. The van der Waals surface area contributed by atoms with Crippen LogP contribution in [0.4, 0.5) is 0 Å². The number of fused-ring (bicyclic) bond motifs is 1. The van der Waals surface area contributed by atoms with Crippen LogP contribution < -0.4 is 9.47 Å². The average Bonchev–Trinajstić information content (AvgIpc) is 3.08. The molecule has 29 heavy (non-hydrogen) atoms. The number of piperidine rings is 1. The van der Waals surface area contributed by atoms with Crippen LogP contribution in [0.2, 0.25) is 0 Å². The number of methoxy groups -OCH3 is 2. The summed E-state index contributed by atoms with van der Waals surface area (Å²) in [5, 5.41) is 0. The van der Waals surface area contributed by atoms with Gasteiger partial charge in [-0.15, -0.1) is 0 Å². The zero-order chi connectivity index (χ0) is 20.4. The fourth-order valence-corrected chi connectivity index (χ4v) is 4.15. The van der Waals surface area contributed by atoms with Crippen LogP contribution in [0.1, 0.15) is 29.0 Å². The molecule has 0 spiro atoms. The molecule has 4 rings (SSSR count). The van der Waals surface area contributed by atoms with Gasteiger partial charge in [0.2, 0.25) is 0 Å². The SMILES string of the molecule is COc1ccc(C(=O)N2CCC(Cn3c(C)nc4ccccc43)CC2)c(OC)c1. The molecule has 2 aromatic carbocycles. The Morgan fingerprint density at radius 1 is 1.10 bits per heavy atom. The first-order valence-corrected chi connectivity index (χ1v) is 10.0. The van der Waals surface area contributed by atoms with Crippen LogP contribution in [0, 0.1) is 12.8 Å². The van der Waals surface area contributed by atoms with Crippen molar-refractivity contribution in [2.75, 3.05) is 27.3 Å². The van der Waals surface area contributed by atoms with E-state index in [1.807, 2.05) is 11.0 Å². The van der Waals surface area contributed by atoms with Gasteiger partial charge in [0.1, 0.15) is 17.3 Å². The van der Waals surface area contributed by atoms with Gasteiger partial charge >= 0.3 is 0 Å². The van der Waals surface area contributed by atoms with E-state index in [0.717, 1.165) is 43.8 Å². The highest BCUT2D eigenvalue weighted by atomic mass is 16.5. The van der Waals surface area contributed by atoms with Crippen LogP contribution in [0.25, 0.3) is 11.0 Å². The van der Waals surface area contributed by atoms with Crippen LogP contribution >= 0.6 is 0 Å². The lowest BCUT2D eigenvalue weighted by molar-refractivity contribution is 0.0679. The van der Waals surface area contributed by atoms with Crippen molar-refractivity contribution in [2.24, 2.45) is 5.92 Å². The number of imidazole rings is 1. The van der Waals surface area contributed by atoms with Gasteiger partial charge in [0.25, 0.3) is 5.91 Å². The normalized spacial score (nSPS) is 14.9. The zero-order valence-electron chi connectivity index (χ0n) is 17.2. The molecule has 0 aliphatic carbocycles. The van der Waals surface area contributed by atoms with E-state index in [2.05, 4.69) is 34.7 Å². The topological polar surface area (TPSA) is 56.6 Å². The molecular weight excluding hydrogens is 366 g/mol. The number of aryl methyl sites for hydroxylation is 1. The summed E-state index contributed by atoms with van der Waals surface area (Å²) in [6.45, 7) is 4.52. The third-order valence-corrected chi connectivity index (χ3v) is 5.83. The predicted octanol–water partition coefficient (Wildman–Crippen LogP) is 3.91. The highest BCUT2D eigenvalue weighted by molar-refractivity contribution is 5.97. The third kappa shape index (κ3) is 3.79. The van der Waals surface area contributed by atoms with Crippen LogP contribution in [0.15, 0.2) is 42.5 Å². The zero-order valence-corrected chi connectivity index (χ0v) is 17.2. The molecule has 2 heterocycles. The second kappa shape index (κ2) is 8.15. The second-order valence-electron chi connectivity index (χ2n) is 7.56. The van der Waals surface area contributed by atoms with Crippen molar-refractivity contribution in [3.63, 3.8) is 0 Å². The third-order valence-electron chi connectivity index (χ3n) is 5.83. The Morgan fingerprint density at radius 3 is 2.59 bits per heavy atom. The maximum absolute atomic E-state index is 13.0. The number of carbonyl (C=O) groups excluding carboxylic acids is 1. The molecule has 1 amide bonds. The van der Waals surface area contributed by atoms with Gasteiger partial charge in [-0.05, 0) is 49.9 Å². The molecule has 1 saturated heterocycles. The second-order valence-corrected chi connectivity index (χ2v) is 7.56. The van der Waals surface area contributed by atoms with Gasteiger partial charge in [0.15, 0.2) is 0 Å². The summed E-state index contributed by atoms with van der Waals surface area (Å²) in [7, 11) is 3.18. The van der Waals surface area contributed by atoms with Gasteiger partial charge in [0.05, 0.1) is 30.8 Å². The number of hydrogen-bond donors (Lipinski definition) is 0. The molecule has 152 valence electrons. The molecule has 6 nitrogen and oxygen atoms in total. The van der Waals surface area contributed by atoms with E-state index in [9.17, 15) is 4.79 Å². The van der Waals surface area contributed by atoms with E-state index in [1.54, 1.807) is 32.4 Å². The number of amides is 1. The molecule has 0 unspecified atom stereocenters. The predicted molar refractivity (Wildman–Crippen MR) is 113 cm³/mol. The Balaban J connectivity index is 1.43. The van der Waals surface area contributed by atoms with Crippen LogP contribution in [0.5, 0.6) is 11.5 Å². The standard InChI is InChI=1S/C23H27N3O3/c1-16-24-20-6-4-5-7-21(20)26(16)15-17-10-12-25(13-11-17)23(27)19-9-8-18(28-2)14-22(19)29-3/h4-9,14,17H,10-13,15H2,1-3H3. The molecule has 0 bridgehead atoms. The summed E-state index contributed by atoms with van der Waals surface area (Å²) in [6, 6.07) is 13.6. The van der Waals surface area contributed by atoms with E-state index in [1.165, 1.54) is 5.52 Å². The average molecular weight is 393 g/mol. The molecule has 0 N–H and O–H groups in total. The van der Waals surface area contributed by atoms with E-state index in [-0.39, 0.29) is 5.91 Å². The maximum Gasteiger partial charge on any atom is 0.257 e. The van der Waals surface area contributed by atoms with Crippen molar-refractivity contribution in [1.82, 2.24) is 14.5 Å². The first kappa shape index (κ1) is 19.3. The van der Waals surface area contributed by atoms with Crippen molar-refractivity contribution in [3.05, 3.63) is 53.9 Å². The quantitative estimate of drug-likeness (QED) is 0.659. The molecule has 0 saturated carbocycles. The smallest absolute Gasteiger partial charge is 0.257 e. The lowest BCUT2D eigenvalue weighted by Gasteiger charge is -2.32. The van der Waals surface area contributed by atoms with E-state index < -0.39 is 0 Å². The number of likely N-dealkylation sites (tertiary alicyclic amines) is 1. The Bertz CT molecular complexity index is 1020. The Kier molecular flexibility index (Phi) is 5.43. The van der Waals surface area contributed by atoms with Crippen LogP contribution in [0.3, 0.4) is 0 Å². The van der Waals surface area contributed by atoms with E-state index >= 15 is 0 Å². The van der Waals surface area contributed by atoms with Crippen LogP contribution in [-0.4, -0.2) is 47.7 Å². The Labute approximate surface area is 171 Å². The summed E-state index contributed by atoms with van der Waals surface area (Å²) < 4.78 is 12.9. The van der Waals surface area contributed by atoms with Crippen molar-refractivity contribution >= 4 is 16.9 Å². The molecule has 6 heteroatoms. The number of hydrogen-bond acceptors (Lipinski definition) is 4. The lowest BCUT2D eigenvalue weighted by Crippen LogP contribution is -2.39. The number of nitrogens with zero attached hydrogens (tertiary/aromatic N) is 3. The van der Waals surface area contributed by atoms with E-state index in [4.69, 9.17) is 9.47 Å². The fraction of sp³-hybridized carbons (Fsp3) is 0.391. The van der Waals surface area contributed by atoms with Crippen molar-refractivity contribution in [1.29, 1.82) is 0 Å². The highest BCUT2D eigenvalue weighted by Crippen LogP contribution is 2.28. The molecule has 1 aliphatic rings. The van der Waals surface area contributed by atoms with Crippen molar-refractivity contribution < 1.29 is 14.3 Å². The number of ether oxygens (including phenoxy) is 2. The van der Waals surface area contributed by atoms with Gasteiger partial charge in [-0.25, -0.2) is 4.98 Å². The largest absolute Gasteiger partial charge is 0.497 e. The minimum absolute atomic E-state index is 0.0206. The summed E-state index contributed by atoms with van der Waals surface area (Å²) in [5.74, 6) is 2.84. The van der Waals surface area contributed by atoms with Gasteiger partial charge in [-0.2, -0.15) is 0 Å².